The molecule has 0 unspecified atom stereocenters. The first-order valence-corrected chi connectivity index (χ1v) is 7.80. The number of anilines is 2. The number of nitrogen functional groups attached to an aromatic ring is 1. The van der Waals surface area contributed by atoms with Crippen molar-refractivity contribution >= 4 is 23.7 Å². The molecular weight excluding hydrogens is 314 g/mol. The molecule has 0 aliphatic rings. The third-order valence-electron chi connectivity index (χ3n) is 2.84. The molecule has 0 fully saturated rings. The van der Waals surface area contributed by atoms with Gasteiger partial charge in [-0.05, 0) is 12.1 Å². The second kappa shape index (κ2) is 6.61. The number of hydrogen-bond acceptors (Lipinski definition) is 9. The van der Waals surface area contributed by atoms with Gasteiger partial charge in [-0.1, -0.05) is 30.0 Å². The molecule has 2 N–H and O–H groups in total. The van der Waals surface area contributed by atoms with E-state index in [9.17, 15) is 0 Å². The minimum absolute atomic E-state index is 0.190. The Morgan fingerprint density at radius 2 is 1.87 bits per heavy atom. The summed E-state index contributed by atoms with van der Waals surface area (Å²) < 4.78 is 5.63. The fraction of sp³-hybridized carbons (Fsp3) is 0.214. The van der Waals surface area contributed by atoms with Crippen LogP contribution in [0.3, 0.4) is 0 Å². The molecule has 0 saturated carbocycles. The number of thioether (sulfide) groups is 1. The van der Waals surface area contributed by atoms with Gasteiger partial charge >= 0.3 is 0 Å². The molecule has 0 amide bonds. The minimum Gasteiger partial charge on any atom is -0.411 e. The van der Waals surface area contributed by atoms with Gasteiger partial charge in [0.15, 0.2) is 0 Å². The Hall–Kier alpha value is -2.68. The fourth-order valence-corrected chi connectivity index (χ4v) is 2.40. The zero-order valence-electron chi connectivity index (χ0n) is 12.7. The highest BCUT2D eigenvalue weighted by Gasteiger charge is 2.11. The van der Waals surface area contributed by atoms with Gasteiger partial charge in [0.1, 0.15) is 5.82 Å². The van der Waals surface area contributed by atoms with Crippen LogP contribution in [0.2, 0.25) is 0 Å². The highest BCUT2D eigenvalue weighted by Crippen LogP contribution is 2.25. The zero-order valence-corrected chi connectivity index (χ0v) is 13.5. The number of benzene rings is 1. The van der Waals surface area contributed by atoms with Gasteiger partial charge in [0, 0.05) is 19.7 Å². The smallest absolute Gasteiger partial charge is 0.277 e. The van der Waals surface area contributed by atoms with Gasteiger partial charge in [-0.3, -0.25) is 0 Å². The van der Waals surface area contributed by atoms with Crippen molar-refractivity contribution in [3.05, 3.63) is 36.2 Å². The van der Waals surface area contributed by atoms with Crippen LogP contribution in [-0.4, -0.2) is 39.2 Å². The van der Waals surface area contributed by atoms with E-state index in [0.717, 1.165) is 5.56 Å². The van der Waals surface area contributed by atoms with E-state index in [1.165, 1.54) is 11.8 Å². The Bertz CT molecular complexity index is 791. The maximum Gasteiger partial charge on any atom is 0.277 e. The average molecular weight is 329 g/mol. The first kappa shape index (κ1) is 15.2. The Labute approximate surface area is 137 Å². The lowest BCUT2D eigenvalue weighted by Crippen LogP contribution is -2.15. The highest BCUT2D eigenvalue weighted by atomic mass is 32.2. The summed E-state index contributed by atoms with van der Waals surface area (Å²) in [5, 5.41) is 8.51. The van der Waals surface area contributed by atoms with Crippen LogP contribution in [0.25, 0.3) is 11.5 Å². The summed E-state index contributed by atoms with van der Waals surface area (Å²) in [6.45, 7) is 0. The summed E-state index contributed by atoms with van der Waals surface area (Å²) in [7, 11) is 3.69. The maximum absolute atomic E-state index is 5.70. The third kappa shape index (κ3) is 3.75. The molecule has 8 nitrogen and oxygen atoms in total. The minimum atomic E-state index is 0.190. The summed E-state index contributed by atoms with van der Waals surface area (Å²) in [6, 6.07) is 9.60. The summed E-state index contributed by atoms with van der Waals surface area (Å²) in [6.07, 6.45) is 0. The van der Waals surface area contributed by atoms with E-state index < -0.39 is 0 Å². The van der Waals surface area contributed by atoms with E-state index in [1.54, 1.807) is 4.90 Å². The van der Waals surface area contributed by atoms with Crippen molar-refractivity contribution in [2.24, 2.45) is 0 Å². The van der Waals surface area contributed by atoms with E-state index in [0.29, 0.717) is 28.6 Å². The standard InChI is InChI=1S/C14H15N7OS/c1-21(2)13-17-10(16-12(15)18-13)8-23-14-20-19-11(22-14)9-6-4-3-5-7-9/h3-7H,8H2,1-2H3,(H2,15,16,17,18). The van der Waals surface area contributed by atoms with Crippen LogP contribution in [0.4, 0.5) is 11.9 Å². The van der Waals surface area contributed by atoms with Gasteiger partial charge in [0.05, 0.1) is 5.75 Å². The second-order valence-electron chi connectivity index (χ2n) is 4.83. The molecule has 0 bridgehead atoms. The van der Waals surface area contributed by atoms with E-state index in [2.05, 4.69) is 25.1 Å². The molecule has 3 rings (SSSR count). The molecule has 0 spiro atoms. The lowest BCUT2D eigenvalue weighted by Gasteiger charge is -2.10. The largest absolute Gasteiger partial charge is 0.411 e. The second-order valence-corrected chi connectivity index (χ2v) is 5.76. The van der Waals surface area contributed by atoms with Gasteiger partial charge in [-0.15, -0.1) is 10.2 Å². The zero-order chi connectivity index (χ0) is 16.2. The molecule has 0 radical (unpaired) electrons. The van der Waals surface area contributed by atoms with Crippen LogP contribution < -0.4 is 10.6 Å². The monoisotopic (exact) mass is 329 g/mol. The highest BCUT2D eigenvalue weighted by molar-refractivity contribution is 7.98. The molecule has 2 heterocycles. The quantitative estimate of drug-likeness (QED) is 0.702. The SMILES string of the molecule is CN(C)c1nc(N)nc(CSc2nnc(-c3ccccc3)o2)n1. The molecule has 118 valence electrons. The summed E-state index contributed by atoms with van der Waals surface area (Å²) in [4.78, 5) is 14.3. The number of hydrogen-bond donors (Lipinski definition) is 1. The molecule has 0 saturated heterocycles. The van der Waals surface area contributed by atoms with Crippen molar-refractivity contribution < 1.29 is 4.42 Å². The van der Waals surface area contributed by atoms with Gasteiger partial charge in [-0.2, -0.15) is 15.0 Å². The van der Waals surface area contributed by atoms with Crippen LogP contribution in [0.15, 0.2) is 40.0 Å². The topological polar surface area (TPSA) is 107 Å². The van der Waals surface area contributed by atoms with Crippen LogP contribution in [0, 0.1) is 0 Å². The first-order chi connectivity index (χ1) is 11.1. The third-order valence-corrected chi connectivity index (χ3v) is 3.65. The van der Waals surface area contributed by atoms with E-state index in [-0.39, 0.29) is 5.95 Å². The van der Waals surface area contributed by atoms with Crippen LogP contribution >= 0.6 is 11.8 Å². The molecule has 0 aliphatic heterocycles. The Kier molecular flexibility index (Phi) is 4.38. The van der Waals surface area contributed by atoms with Gasteiger partial charge < -0.3 is 15.1 Å². The number of nitrogens with zero attached hydrogens (tertiary/aromatic N) is 6. The molecule has 0 atom stereocenters. The molecule has 9 heteroatoms. The average Bonchev–Trinajstić information content (AvgIpc) is 3.02. The Morgan fingerprint density at radius 1 is 1.09 bits per heavy atom. The normalized spacial score (nSPS) is 10.7. The molecular formula is C14H15N7OS. The summed E-state index contributed by atoms with van der Waals surface area (Å²) >= 11 is 1.35. The predicted octanol–water partition coefficient (Wildman–Crippen LogP) is 1.86. The van der Waals surface area contributed by atoms with Crippen molar-refractivity contribution in [2.75, 3.05) is 24.7 Å². The Morgan fingerprint density at radius 3 is 2.61 bits per heavy atom. The van der Waals surface area contributed by atoms with Crippen LogP contribution in [-0.2, 0) is 5.75 Å². The predicted molar refractivity (Wildman–Crippen MR) is 87.9 cm³/mol. The molecule has 23 heavy (non-hydrogen) atoms. The van der Waals surface area contributed by atoms with E-state index in [4.69, 9.17) is 10.2 Å². The maximum atomic E-state index is 5.70. The van der Waals surface area contributed by atoms with Gasteiger partial charge in [0.25, 0.3) is 5.22 Å². The summed E-state index contributed by atoms with van der Waals surface area (Å²) in [5.41, 5.74) is 6.58. The molecule has 0 aliphatic carbocycles. The fourth-order valence-electron chi connectivity index (χ4n) is 1.78. The van der Waals surface area contributed by atoms with Crippen LogP contribution in [0.5, 0.6) is 0 Å². The Balaban J connectivity index is 1.71. The molecule has 2 aromatic heterocycles. The van der Waals surface area contributed by atoms with Crippen molar-refractivity contribution in [1.82, 2.24) is 25.1 Å². The van der Waals surface area contributed by atoms with Crippen molar-refractivity contribution in [3.63, 3.8) is 0 Å². The molecule has 3 aromatic rings. The van der Waals surface area contributed by atoms with Crippen LogP contribution in [0.1, 0.15) is 5.82 Å². The number of nitrogens with two attached hydrogens (primary N) is 1. The van der Waals surface area contributed by atoms with Crippen molar-refractivity contribution in [2.45, 2.75) is 11.0 Å². The van der Waals surface area contributed by atoms with Crippen molar-refractivity contribution in [1.29, 1.82) is 0 Å². The van der Waals surface area contributed by atoms with Crippen molar-refractivity contribution in [3.8, 4) is 11.5 Å². The molecule has 1 aromatic carbocycles. The number of aromatic nitrogens is 5. The van der Waals surface area contributed by atoms with Gasteiger partial charge in [0.2, 0.25) is 17.8 Å². The first-order valence-electron chi connectivity index (χ1n) is 6.81. The number of rotatable bonds is 5. The van der Waals surface area contributed by atoms with E-state index in [1.807, 2.05) is 44.4 Å². The lowest BCUT2D eigenvalue weighted by atomic mass is 10.2. The summed E-state index contributed by atoms with van der Waals surface area (Å²) in [5.74, 6) is 2.21. The van der Waals surface area contributed by atoms with Gasteiger partial charge in [-0.25, -0.2) is 0 Å². The lowest BCUT2D eigenvalue weighted by molar-refractivity contribution is 0.465. The van der Waals surface area contributed by atoms with E-state index >= 15 is 0 Å².